The normalized spacial score (nSPS) is 18.6. The van der Waals surface area contributed by atoms with E-state index in [4.69, 9.17) is 4.74 Å². The average molecular weight is 397 g/mol. The first-order valence-electron chi connectivity index (χ1n) is 9.01. The maximum absolute atomic E-state index is 6.03. The molecule has 1 aromatic carbocycles. The molecule has 0 saturated carbocycles. The third-order valence-corrected chi connectivity index (χ3v) is 11.2. The Kier molecular flexibility index (Phi) is 4.54. The number of benzene rings is 1. The second-order valence-electron chi connectivity index (χ2n) is 7.43. The van der Waals surface area contributed by atoms with Crippen molar-refractivity contribution >= 4 is 47.1 Å². The summed E-state index contributed by atoms with van der Waals surface area (Å²) in [5, 5.41) is 3.53. The van der Waals surface area contributed by atoms with Crippen molar-refractivity contribution in [1.82, 2.24) is 0 Å². The molecular weight excluding hydrogens is 372 g/mol. The van der Waals surface area contributed by atoms with E-state index in [9.17, 15) is 0 Å². The van der Waals surface area contributed by atoms with Gasteiger partial charge in [-0.2, -0.15) is 0 Å². The molecule has 4 heteroatoms. The number of thiophene rings is 1. The Labute approximate surface area is 165 Å². The lowest BCUT2D eigenvalue weighted by Crippen LogP contribution is -2.43. The number of thioether (sulfide) groups is 1. The molecule has 1 nitrogen and oxygen atoms in total. The van der Waals surface area contributed by atoms with Crippen molar-refractivity contribution in [1.29, 1.82) is 0 Å². The van der Waals surface area contributed by atoms with E-state index in [0.29, 0.717) is 11.9 Å². The Morgan fingerprint density at radius 1 is 1.27 bits per heavy atom. The van der Waals surface area contributed by atoms with E-state index in [2.05, 4.69) is 69.9 Å². The minimum atomic E-state index is -1.93. The Morgan fingerprint density at radius 3 is 2.81 bits per heavy atom. The second kappa shape index (κ2) is 6.59. The van der Waals surface area contributed by atoms with Crippen LogP contribution in [0.25, 0.3) is 10.8 Å². The van der Waals surface area contributed by atoms with Crippen molar-refractivity contribution in [3.05, 3.63) is 69.3 Å². The first-order valence-corrected chi connectivity index (χ1v) is 13.7. The Bertz CT molecular complexity index is 949. The van der Waals surface area contributed by atoms with Crippen LogP contribution in [-0.2, 0) is 0 Å². The number of fused-ring (bicyclic) bond motifs is 3. The van der Waals surface area contributed by atoms with Crippen LogP contribution < -0.4 is 9.92 Å². The molecule has 2 aliphatic rings. The van der Waals surface area contributed by atoms with Gasteiger partial charge >= 0.3 is 0 Å². The van der Waals surface area contributed by atoms with E-state index in [0.717, 1.165) is 5.75 Å². The topological polar surface area (TPSA) is 9.23 Å². The molecule has 0 spiro atoms. The highest BCUT2D eigenvalue weighted by molar-refractivity contribution is 8.05. The molecule has 1 aliphatic carbocycles. The summed E-state index contributed by atoms with van der Waals surface area (Å²) in [5.41, 5.74) is 2.93. The zero-order valence-corrected chi connectivity index (χ0v) is 18.4. The first-order chi connectivity index (χ1) is 12.4. The summed E-state index contributed by atoms with van der Waals surface area (Å²) in [6.45, 7) is 13.8. The van der Waals surface area contributed by atoms with E-state index >= 15 is 0 Å². The van der Waals surface area contributed by atoms with Crippen LogP contribution in [0.1, 0.15) is 22.2 Å². The third-order valence-electron chi connectivity index (χ3n) is 5.09. The van der Waals surface area contributed by atoms with Crippen molar-refractivity contribution in [2.45, 2.75) is 32.2 Å². The molecule has 134 valence electrons. The minimum absolute atomic E-state index is 0.549. The lowest BCUT2D eigenvalue weighted by Gasteiger charge is -2.28. The molecule has 0 saturated heterocycles. The fraction of sp³-hybridized carbons (Fsp3) is 0.273. The van der Waals surface area contributed by atoms with Crippen LogP contribution in [0.2, 0.25) is 13.1 Å². The highest BCUT2D eigenvalue weighted by atomic mass is 32.2. The highest BCUT2D eigenvalue weighted by Gasteiger charge is 2.43. The van der Waals surface area contributed by atoms with Crippen molar-refractivity contribution in [2.24, 2.45) is 0 Å². The molecule has 0 fully saturated rings. The standard InChI is InChI=1S/C22H24OS2Si/c1-6-11-23-18-9-7-8-10-19(18)26(4,5)22-20-16(12-14(2)24-20)17-13-15(3)25-21(17)22/h6-10,12-14H,1,11H2,2-5H3. The first kappa shape index (κ1) is 17.9. The van der Waals surface area contributed by atoms with Crippen LogP contribution in [0.4, 0.5) is 0 Å². The third kappa shape index (κ3) is 2.75. The molecule has 26 heavy (non-hydrogen) atoms. The highest BCUT2D eigenvalue weighted by Crippen LogP contribution is 2.57. The number of allylic oxidation sites excluding steroid dienone is 1. The van der Waals surface area contributed by atoms with Gasteiger partial charge in [-0.1, -0.05) is 50.0 Å². The SMILES string of the molecule is C=CCOc1ccccc1[Si](C)(C)C1=C2SC(C)C=C2c2cc(C)sc21. The molecule has 0 amide bonds. The maximum atomic E-state index is 6.03. The molecule has 0 N–H and O–H groups in total. The number of aryl methyl sites for hydroxylation is 1. The summed E-state index contributed by atoms with van der Waals surface area (Å²) in [5.74, 6) is 1.01. The largest absolute Gasteiger partial charge is 0.490 e. The van der Waals surface area contributed by atoms with Gasteiger partial charge in [0, 0.05) is 25.5 Å². The van der Waals surface area contributed by atoms with Crippen molar-refractivity contribution in [3.8, 4) is 5.75 Å². The van der Waals surface area contributed by atoms with Gasteiger partial charge in [-0.25, -0.2) is 0 Å². The van der Waals surface area contributed by atoms with Gasteiger partial charge in [0.15, 0.2) is 0 Å². The smallest absolute Gasteiger partial charge is 0.120 e. The molecule has 2 heterocycles. The molecule has 1 aromatic heterocycles. The molecule has 0 bridgehead atoms. The molecule has 1 atom stereocenters. The van der Waals surface area contributed by atoms with E-state index in [1.54, 1.807) is 5.20 Å². The van der Waals surface area contributed by atoms with Gasteiger partial charge in [0.25, 0.3) is 0 Å². The summed E-state index contributed by atoms with van der Waals surface area (Å²) < 4.78 is 6.03. The van der Waals surface area contributed by atoms with Crippen LogP contribution in [0, 0.1) is 6.92 Å². The van der Waals surface area contributed by atoms with Gasteiger partial charge in [-0.15, -0.1) is 23.1 Å². The predicted octanol–water partition coefficient (Wildman–Crippen LogP) is 6.02. The van der Waals surface area contributed by atoms with Crippen molar-refractivity contribution in [3.63, 3.8) is 0 Å². The summed E-state index contributed by atoms with van der Waals surface area (Å²) in [7, 11) is -1.93. The summed E-state index contributed by atoms with van der Waals surface area (Å²) in [6, 6.07) is 11.0. The molecule has 0 radical (unpaired) electrons. The molecule has 1 aliphatic heterocycles. The predicted molar refractivity (Wildman–Crippen MR) is 120 cm³/mol. The monoisotopic (exact) mass is 396 g/mol. The van der Waals surface area contributed by atoms with Gasteiger partial charge in [-0.3, -0.25) is 0 Å². The van der Waals surface area contributed by atoms with Crippen LogP contribution in [-0.4, -0.2) is 19.9 Å². The Morgan fingerprint density at radius 2 is 2.04 bits per heavy atom. The fourth-order valence-electron chi connectivity index (χ4n) is 3.96. The van der Waals surface area contributed by atoms with E-state index < -0.39 is 8.07 Å². The van der Waals surface area contributed by atoms with Gasteiger partial charge in [0.05, 0.1) is 0 Å². The summed E-state index contributed by atoms with van der Waals surface area (Å²) in [4.78, 5) is 4.42. The number of para-hydroxylation sites is 1. The average Bonchev–Trinajstić information content (AvgIpc) is 3.22. The van der Waals surface area contributed by atoms with Crippen molar-refractivity contribution < 1.29 is 4.74 Å². The summed E-state index contributed by atoms with van der Waals surface area (Å²) in [6.07, 6.45) is 4.27. The van der Waals surface area contributed by atoms with Crippen LogP contribution >= 0.6 is 23.1 Å². The fourth-order valence-corrected chi connectivity index (χ4v) is 10.9. The van der Waals surface area contributed by atoms with E-state index in [1.165, 1.54) is 31.0 Å². The lowest BCUT2D eigenvalue weighted by molar-refractivity contribution is 0.366. The van der Waals surface area contributed by atoms with Crippen molar-refractivity contribution in [2.75, 3.05) is 6.61 Å². The number of rotatable bonds is 5. The minimum Gasteiger partial charge on any atom is -0.490 e. The zero-order chi connectivity index (χ0) is 18.5. The number of ether oxygens (including phenoxy) is 1. The quantitative estimate of drug-likeness (QED) is 0.451. The van der Waals surface area contributed by atoms with E-state index in [-0.39, 0.29) is 0 Å². The Hall–Kier alpha value is -1.49. The summed E-state index contributed by atoms with van der Waals surface area (Å²) >= 11 is 3.98. The second-order valence-corrected chi connectivity index (χ2v) is 14.4. The van der Waals surface area contributed by atoms with Crippen LogP contribution in [0.5, 0.6) is 5.75 Å². The maximum Gasteiger partial charge on any atom is 0.120 e. The van der Waals surface area contributed by atoms with E-state index in [1.807, 2.05) is 29.2 Å². The van der Waals surface area contributed by atoms with Gasteiger partial charge in [0.1, 0.15) is 20.4 Å². The molecule has 1 unspecified atom stereocenters. The van der Waals surface area contributed by atoms with Gasteiger partial charge in [-0.05, 0) is 41.9 Å². The molecular formula is C22H24OS2Si. The lowest BCUT2D eigenvalue weighted by atomic mass is 10.1. The number of hydrogen-bond acceptors (Lipinski definition) is 3. The van der Waals surface area contributed by atoms with Gasteiger partial charge in [0.2, 0.25) is 0 Å². The van der Waals surface area contributed by atoms with Crippen LogP contribution in [0.3, 0.4) is 0 Å². The number of hydrogen-bond donors (Lipinski definition) is 0. The molecule has 2 aromatic rings. The molecule has 4 rings (SSSR count). The zero-order valence-electron chi connectivity index (χ0n) is 15.8. The Balaban J connectivity index is 1.89. The van der Waals surface area contributed by atoms with Gasteiger partial charge < -0.3 is 4.74 Å². The van der Waals surface area contributed by atoms with Crippen LogP contribution in [0.15, 0.2) is 54.0 Å².